The van der Waals surface area contributed by atoms with Gasteiger partial charge in [0, 0.05) is 60.9 Å². The molecule has 168 valence electrons. The van der Waals surface area contributed by atoms with Gasteiger partial charge in [-0.05, 0) is 31.0 Å². The number of carbonyl (C=O) groups is 2. The van der Waals surface area contributed by atoms with Crippen LogP contribution in [0.5, 0.6) is 0 Å². The van der Waals surface area contributed by atoms with Crippen LogP contribution in [0.2, 0.25) is 0 Å². The van der Waals surface area contributed by atoms with Crippen molar-refractivity contribution < 1.29 is 19.8 Å². The fraction of sp³-hybridized carbons (Fsp3) is 0.375. The Hall–Kier alpha value is -3.23. The first-order valence-corrected chi connectivity index (χ1v) is 10.7. The van der Waals surface area contributed by atoms with E-state index in [0.717, 1.165) is 47.5 Å². The Morgan fingerprint density at radius 3 is 2.72 bits per heavy atom. The van der Waals surface area contributed by atoms with E-state index in [0.29, 0.717) is 13.1 Å². The van der Waals surface area contributed by atoms with Crippen molar-refractivity contribution in [2.45, 2.75) is 13.5 Å². The average molecular weight is 437 g/mol. The van der Waals surface area contributed by atoms with Crippen LogP contribution in [0.4, 0.5) is 0 Å². The number of aryl methyl sites for hydroxylation is 1. The Morgan fingerprint density at radius 1 is 1.22 bits per heavy atom. The molecule has 8 heteroatoms. The smallest absolute Gasteiger partial charge is 0.290 e. The molecule has 4 heterocycles. The fourth-order valence-corrected chi connectivity index (χ4v) is 5.13. The van der Waals surface area contributed by atoms with Crippen molar-refractivity contribution in [3.05, 3.63) is 65.6 Å². The number of nitrogens with zero attached hydrogens (tertiary/aromatic N) is 3. The van der Waals surface area contributed by atoms with E-state index in [2.05, 4.69) is 20.9 Å². The second-order valence-corrected chi connectivity index (χ2v) is 8.70. The number of aromatic amines is 1. The van der Waals surface area contributed by atoms with Crippen LogP contribution in [0.1, 0.15) is 21.7 Å². The number of aromatic nitrogens is 2. The molecule has 3 N–H and O–H groups in total. The molecule has 8 nitrogen and oxygen atoms in total. The number of aliphatic hydroxyl groups excluding tert-OH is 1. The maximum absolute atomic E-state index is 13.2. The molecule has 2 saturated heterocycles. The predicted octanol–water partition coefficient (Wildman–Crippen LogP) is 2.14. The van der Waals surface area contributed by atoms with Gasteiger partial charge in [0.05, 0.1) is 17.9 Å². The Labute approximate surface area is 186 Å². The molecule has 2 aliphatic heterocycles. The Morgan fingerprint density at radius 2 is 2.00 bits per heavy atom. The van der Waals surface area contributed by atoms with E-state index in [-0.39, 0.29) is 30.3 Å². The van der Waals surface area contributed by atoms with Crippen LogP contribution in [0.3, 0.4) is 0 Å². The lowest BCUT2D eigenvalue weighted by Gasteiger charge is -2.27. The zero-order chi connectivity index (χ0) is 22.7. The summed E-state index contributed by atoms with van der Waals surface area (Å²) in [7, 11) is 0. The van der Waals surface area contributed by atoms with Gasteiger partial charge in [-0.25, -0.2) is 0 Å². The van der Waals surface area contributed by atoms with Gasteiger partial charge in [-0.2, -0.15) is 0 Å². The summed E-state index contributed by atoms with van der Waals surface area (Å²) >= 11 is 0. The normalized spacial score (nSPS) is 22.4. The largest absolute Gasteiger partial charge is 0.483 e. The minimum atomic E-state index is -0.250. The highest BCUT2D eigenvalue weighted by atomic mass is 16.3. The zero-order valence-corrected chi connectivity index (χ0v) is 18.1. The molecule has 0 aliphatic carbocycles. The maximum atomic E-state index is 13.2. The molecule has 5 rings (SSSR count). The lowest BCUT2D eigenvalue weighted by molar-refractivity contribution is -0.122. The number of amides is 1. The molecule has 1 aromatic carbocycles. The highest BCUT2D eigenvalue weighted by molar-refractivity contribution is 6.06. The molecule has 0 spiro atoms. The first-order valence-electron chi connectivity index (χ1n) is 10.7. The third-order valence-electron chi connectivity index (χ3n) is 6.58. The molecular weight excluding hydrogens is 408 g/mol. The van der Waals surface area contributed by atoms with E-state index >= 15 is 0 Å². The van der Waals surface area contributed by atoms with Crippen LogP contribution in [-0.4, -0.2) is 75.1 Å². The van der Waals surface area contributed by atoms with Crippen molar-refractivity contribution in [3.8, 4) is 0 Å². The predicted molar refractivity (Wildman–Crippen MR) is 120 cm³/mol. The first kappa shape index (κ1) is 22.0. The SMILES string of the molecule is Cc1cccc(CN2CC3CN(C(=O)c4c[nH]c5ccccc45)CC3(CO)C2)n1.O=CO. The van der Waals surface area contributed by atoms with Crippen molar-refractivity contribution in [3.63, 3.8) is 0 Å². The summed E-state index contributed by atoms with van der Waals surface area (Å²) in [5, 5.41) is 18.1. The summed E-state index contributed by atoms with van der Waals surface area (Å²) in [6, 6.07) is 14.0. The minimum Gasteiger partial charge on any atom is -0.483 e. The number of hydrogen-bond acceptors (Lipinski definition) is 5. The molecule has 2 aliphatic rings. The second-order valence-electron chi connectivity index (χ2n) is 8.70. The number of pyridine rings is 1. The molecule has 0 saturated carbocycles. The van der Waals surface area contributed by atoms with Gasteiger partial charge in [-0.3, -0.25) is 19.5 Å². The van der Waals surface area contributed by atoms with E-state index in [1.807, 2.05) is 54.4 Å². The minimum absolute atomic E-state index is 0.0524. The Bertz CT molecular complexity index is 1110. The topological polar surface area (TPSA) is 110 Å². The van der Waals surface area contributed by atoms with Crippen molar-refractivity contribution in [2.24, 2.45) is 11.3 Å². The quantitative estimate of drug-likeness (QED) is 0.541. The fourth-order valence-electron chi connectivity index (χ4n) is 5.13. The van der Waals surface area contributed by atoms with Crippen molar-refractivity contribution in [1.29, 1.82) is 0 Å². The zero-order valence-electron chi connectivity index (χ0n) is 18.1. The third-order valence-corrected chi connectivity index (χ3v) is 6.58. The summed E-state index contributed by atoms with van der Waals surface area (Å²) in [6.07, 6.45) is 1.81. The summed E-state index contributed by atoms with van der Waals surface area (Å²) in [4.78, 5) is 33.7. The molecule has 2 unspecified atom stereocenters. The third kappa shape index (κ3) is 4.11. The van der Waals surface area contributed by atoms with Crippen molar-refractivity contribution in [1.82, 2.24) is 19.8 Å². The molecule has 2 atom stereocenters. The standard InChI is InChI=1S/C23H26N4O2.CH2O2/c1-16-5-4-6-18(25-16)12-26-10-17-11-27(14-23(17,13-26)15-28)22(29)20-9-24-21-8-3-2-7-19(20)21;2-1-3/h2-9,17,24,28H,10-15H2,1H3;1H,(H,2,3). The molecule has 2 fully saturated rings. The molecule has 0 bridgehead atoms. The number of para-hydroxylation sites is 1. The van der Waals surface area contributed by atoms with E-state index in [4.69, 9.17) is 9.90 Å². The maximum Gasteiger partial charge on any atom is 0.290 e. The molecular formula is C24H28N4O4. The van der Waals surface area contributed by atoms with Crippen molar-refractivity contribution in [2.75, 3.05) is 32.8 Å². The number of carbonyl (C=O) groups excluding carboxylic acids is 1. The number of rotatable bonds is 4. The van der Waals surface area contributed by atoms with E-state index in [1.165, 1.54) is 0 Å². The average Bonchev–Trinajstić information content (AvgIpc) is 3.44. The van der Waals surface area contributed by atoms with Gasteiger partial charge in [0.2, 0.25) is 0 Å². The van der Waals surface area contributed by atoms with Crippen LogP contribution in [-0.2, 0) is 11.3 Å². The first-order chi connectivity index (χ1) is 15.5. The lowest BCUT2D eigenvalue weighted by atomic mass is 9.82. The number of carboxylic acid groups (broad SMARTS) is 1. The molecule has 32 heavy (non-hydrogen) atoms. The Balaban J connectivity index is 0.000000775. The van der Waals surface area contributed by atoms with E-state index in [1.54, 1.807) is 0 Å². The number of aliphatic hydroxyl groups is 1. The Kier molecular flexibility index (Phi) is 6.25. The summed E-state index contributed by atoms with van der Waals surface area (Å²) < 4.78 is 0. The van der Waals surface area contributed by atoms with Gasteiger partial charge < -0.3 is 20.1 Å². The monoisotopic (exact) mass is 436 g/mol. The van der Waals surface area contributed by atoms with Gasteiger partial charge in [-0.1, -0.05) is 24.3 Å². The summed E-state index contributed by atoms with van der Waals surface area (Å²) in [5.41, 5.74) is 3.53. The van der Waals surface area contributed by atoms with Crippen LogP contribution in [0, 0.1) is 18.3 Å². The van der Waals surface area contributed by atoms with Gasteiger partial charge in [0.15, 0.2) is 0 Å². The van der Waals surface area contributed by atoms with Crippen LogP contribution in [0.25, 0.3) is 10.9 Å². The van der Waals surface area contributed by atoms with E-state index in [9.17, 15) is 9.90 Å². The molecule has 0 radical (unpaired) electrons. The molecule has 3 aromatic rings. The highest BCUT2D eigenvalue weighted by Crippen LogP contribution is 2.43. The number of H-pyrrole nitrogens is 1. The van der Waals surface area contributed by atoms with E-state index < -0.39 is 0 Å². The summed E-state index contributed by atoms with van der Waals surface area (Å²) in [5.74, 6) is 0.336. The van der Waals surface area contributed by atoms with Crippen LogP contribution < -0.4 is 0 Å². The molecule has 2 aromatic heterocycles. The number of nitrogens with one attached hydrogen (secondary N) is 1. The number of fused-ring (bicyclic) bond motifs is 2. The van der Waals surface area contributed by atoms with Crippen molar-refractivity contribution >= 4 is 23.3 Å². The number of benzene rings is 1. The summed E-state index contributed by atoms with van der Waals surface area (Å²) in [6.45, 7) is 5.62. The van der Waals surface area contributed by atoms with Gasteiger partial charge >= 0.3 is 0 Å². The van der Waals surface area contributed by atoms with Crippen LogP contribution >= 0.6 is 0 Å². The van der Waals surface area contributed by atoms with Gasteiger partial charge in [0.1, 0.15) is 0 Å². The second kappa shape index (κ2) is 9.10. The van der Waals surface area contributed by atoms with Gasteiger partial charge in [-0.15, -0.1) is 0 Å². The van der Waals surface area contributed by atoms with Gasteiger partial charge in [0.25, 0.3) is 12.4 Å². The van der Waals surface area contributed by atoms with Crippen LogP contribution in [0.15, 0.2) is 48.7 Å². The lowest BCUT2D eigenvalue weighted by Crippen LogP contribution is -2.38. The molecule has 1 amide bonds. The number of likely N-dealkylation sites (tertiary alicyclic amines) is 2. The number of hydrogen-bond donors (Lipinski definition) is 3. The highest BCUT2D eigenvalue weighted by Gasteiger charge is 2.53.